The number of hydrogen-bond acceptors (Lipinski definition) is 5. The van der Waals surface area contributed by atoms with Crippen molar-refractivity contribution in [2.45, 2.75) is 50.1 Å². The molecule has 1 fully saturated rings. The van der Waals surface area contributed by atoms with E-state index in [4.69, 9.17) is 4.74 Å². The fraction of sp³-hybridized carbons (Fsp3) is 0.417. The Balaban J connectivity index is 1.65. The van der Waals surface area contributed by atoms with Crippen LogP contribution in [0.15, 0.2) is 53.4 Å². The molecular formula is C24H31N3O5S. The molecule has 1 saturated carbocycles. The molecule has 2 atom stereocenters. The van der Waals surface area contributed by atoms with Crippen LogP contribution in [0.1, 0.15) is 48.5 Å². The zero-order valence-electron chi connectivity index (χ0n) is 19.0. The summed E-state index contributed by atoms with van der Waals surface area (Å²) >= 11 is 0. The predicted octanol–water partition coefficient (Wildman–Crippen LogP) is 2.60. The summed E-state index contributed by atoms with van der Waals surface area (Å²) in [6, 6.07) is 13.5. The van der Waals surface area contributed by atoms with Gasteiger partial charge in [-0.05, 0) is 42.5 Å². The molecule has 0 aliphatic heterocycles. The molecule has 9 heteroatoms. The number of methoxy groups -OCH3 is 1. The van der Waals surface area contributed by atoms with Gasteiger partial charge in [-0.15, -0.1) is 0 Å². The average molecular weight is 474 g/mol. The summed E-state index contributed by atoms with van der Waals surface area (Å²) < 4.78 is 34.2. The number of sulfonamides is 1. The number of carbonyl (C=O) groups is 2. The van der Waals surface area contributed by atoms with Crippen LogP contribution in [-0.2, 0) is 21.4 Å². The maximum absolute atomic E-state index is 13.1. The van der Waals surface area contributed by atoms with Crippen LogP contribution in [0.5, 0.6) is 5.75 Å². The molecule has 2 aromatic rings. The molecule has 1 aliphatic carbocycles. The Kier molecular flexibility index (Phi) is 8.46. The van der Waals surface area contributed by atoms with Crippen molar-refractivity contribution >= 4 is 21.8 Å². The first-order chi connectivity index (χ1) is 15.8. The van der Waals surface area contributed by atoms with E-state index in [1.54, 1.807) is 0 Å². The zero-order valence-corrected chi connectivity index (χ0v) is 19.8. The van der Waals surface area contributed by atoms with E-state index in [2.05, 4.69) is 15.4 Å². The number of hydrogen-bond donors (Lipinski definition) is 3. The van der Waals surface area contributed by atoms with E-state index in [9.17, 15) is 18.0 Å². The monoisotopic (exact) mass is 473 g/mol. The molecule has 2 unspecified atom stereocenters. The van der Waals surface area contributed by atoms with Gasteiger partial charge in [-0.3, -0.25) is 9.59 Å². The van der Waals surface area contributed by atoms with Gasteiger partial charge in [-0.1, -0.05) is 50.1 Å². The predicted molar refractivity (Wildman–Crippen MR) is 125 cm³/mol. The van der Waals surface area contributed by atoms with Gasteiger partial charge in [0.15, 0.2) is 0 Å². The van der Waals surface area contributed by atoms with E-state index in [1.807, 2.05) is 37.3 Å². The lowest BCUT2D eigenvalue weighted by Gasteiger charge is -2.29. The van der Waals surface area contributed by atoms with Gasteiger partial charge in [0.25, 0.3) is 5.91 Å². The van der Waals surface area contributed by atoms with Crippen molar-refractivity contribution in [3.63, 3.8) is 0 Å². The highest BCUT2D eigenvalue weighted by atomic mass is 32.2. The molecule has 1 aliphatic rings. The number of amides is 2. The molecular weight excluding hydrogens is 442 g/mol. The third-order valence-electron chi connectivity index (χ3n) is 5.88. The van der Waals surface area contributed by atoms with Crippen LogP contribution in [0.4, 0.5) is 0 Å². The van der Waals surface area contributed by atoms with Crippen LogP contribution in [-0.4, -0.2) is 39.9 Å². The smallest absolute Gasteiger partial charge is 0.251 e. The Morgan fingerprint density at radius 2 is 1.76 bits per heavy atom. The third-order valence-corrected chi connectivity index (χ3v) is 7.39. The van der Waals surface area contributed by atoms with Crippen LogP contribution in [0.3, 0.4) is 0 Å². The van der Waals surface area contributed by atoms with E-state index in [-0.39, 0.29) is 40.6 Å². The minimum atomic E-state index is -3.90. The minimum Gasteiger partial charge on any atom is -0.495 e. The molecule has 3 rings (SSSR count). The van der Waals surface area contributed by atoms with Crippen LogP contribution in [0, 0.1) is 5.92 Å². The molecule has 0 radical (unpaired) electrons. The second kappa shape index (κ2) is 11.3. The minimum absolute atomic E-state index is 0.0936. The van der Waals surface area contributed by atoms with Gasteiger partial charge in [0.2, 0.25) is 15.9 Å². The van der Waals surface area contributed by atoms with Gasteiger partial charge in [0.05, 0.1) is 13.7 Å². The second-order valence-electron chi connectivity index (χ2n) is 8.30. The summed E-state index contributed by atoms with van der Waals surface area (Å²) in [5, 5.41) is 5.26. The van der Waals surface area contributed by atoms with E-state index < -0.39 is 15.9 Å². The fourth-order valence-corrected chi connectivity index (χ4v) is 5.48. The quantitative estimate of drug-likeness (QED) is 0.518. The van der Waals surface area contributed by atoms with Crippen molar-refractivity contribution in [3.8, 4) is 5.75 Å². The molecule has 3 N–H and O–H groups in total. The van der Waals surface area contributed by atoms with Crippen molar-refractivity contribution in [2.24, 2.45) is 5.92 Å². The van der Waals surface area contributed by atoms with Gasteiger partial charge in [0, 0.05) is 18.2 Å². The van der Waals surface area contributed by atoms with E-state index in [1.165, 1.54) is 25.3 Å². The van der Waals surface area contributed by atoms with Crippen molar-refractivity contribution in [1.29, 1.82) is 0 Å². The van der Waals surface area contributed by atoms with Crippen LogP contribution in [0.25, 0.3) is 0 Å². The molecule has 178 valence electrons. The molecule has 0 spiro atoms. The number of benzene rings is 2. The molecule has 0 aromatic heterocycles. The molecule has 2 amide bonds. The van der Waals surface area contributed by atoms with Gasteiger partial charge >= 0.3 is 0 Å². The maximum atomic E-state index is 13.1. The molecule has 8 nitrogen and oxygen atoms in total. The van der Waals surface area contributed by atoms with Gasteiger partial charge in [0.1, 0.15) is 10.6 Å². The third kappa shape index (κ3) is 6.79. The van der Waals surface area contributed by atoms with E-state index in [0.29, 0.717) is 6.54 Å². The summed E-state index contributed by atoms with van der Waals surface area (Å²) in [5.41, 5.74) is 1.07. The first-order valence-electron chi connectivity index (χ1n) is 11.1. The first kappa shape index (κ1) is 24.7. The summed E-state index contributed by atoms with van der Waals surface area (Å²) in [7, 11) is -2.51. The highest BCUT2D eigenvalue weighted by molar-refractivity contribution is 7.89. The lowest BCUT2D eigenvalue weighted by Crippen LogP contribution is -2.41. The van der Waals surface area contributed by atoms with Crippen molar-refractivity contribution in [2.75, 3.05) is 13.7 Å². The summed E-state index contributed by atoms with van der Waals surface area (Å²) in [6.07, 6.45) is 3.82. The summed E-state index contributed by atoms with van der Waals surface area (Å²) in [4.78, 5) is 24.6. The summed E-state index contributed by atoms with van der Waals surface area (Å²) in [5.74, 6) is -0.500. The molecule has 2 aromatic carbocycles. The van der Waals surface area contributed by atoms with Crippen molar-refractivity contribution in [1.82, 2.24) is 15.4 Å². The van der Waals surface area contributed by atoms with Crippen LogP contribution < -0.4 is 20.1 Å². The maximum Gasteiger partial charge on any atom is 0.251 e. The van der Waals surface area contributed by atoms with Crippen molar-refractivity contribution in [3.05, 3.63) is 59.7 Å². The van der Waals surface area contributed by atoms with E-state index in [0.717, 1.165) is 31.2 Å². The lowest BCUT2D eigenvalue weighted by atomic mass is 9.87. The molecule has 0 heterocycles. The van der Waals surface area contributed by atoms with Crippen LogP contribution in [0.2, 0.25) is 0 Å². The SMILES string of the molecule is COc1ccc(C(=O)NCC(=O)NCc2ccccc2)cc1S(=O)(=O)NC1CCCCC1C. The molecule has 0 saturated heterocycles. The fourth-order valence-electron chi connectivity index (χ4n) is 3.90. The summed E-state index contributed by atoms with van der Waals surface area (Å²) in [6.45, 7) is 2.17. The normalized spacial score (nSPS) is 18.4. The van der Waals surface area contributed by atoms with Gasteiger partial charge in [-0.25, -0.2) is 13.1 Å². The Morgan fingerprint density at radius 1 is 1.03 bits per heavy atom. The Morgan fingerprint density at radius 3 is 2.45 bits per heavy atom. The Bertz CT molecular complexity index is 1070. The Hall–Kier alpha value is -2.91. The van der Waals surface area contributed by atoms with Gasteiger partial charge in [-0.2, -0.15) is 0 Å². The Labute approximate surface area is 195 Å². The lowest BCUT2D eigenvalue weighted by molar-refractivity contribution is -0.120. The first-order valence-corrected chi connectivity index (χ1v) is 12.6. The highest BCUT2D eigenvalue weighted by Gasteiger charge is 2.29. The zero-order chi connectivity index (χ0) is 23.8. The number of ether oxygens (including phenoxy) is 1. The van der Waals surface area contributed by atoms with E-state index >= 15 is 0 Å². The standard InChI is InChI=1S/C24H31N3O5S/c1-17-8-6-7-11-20(17)27-33(30,31)22-14-19(12-13-21(22)32-2)24(29)26-16-23(28)25-15-18-9-4-3-5-10-18/h3-5,9-10,12-14,17,20,27H,6-8,11,15-16H2,1-2H3,(H,25,28)(H,26,29). The average Bonchev–Trinajstić information content (AvgIpc) is 2.82. The molecule has 33 heavy (non-hydrogen) atoms. The topological polar surface area (TPSA) is 114 Å². The van der Waals surface area contributed by atoms with Gasteiger partial charge < -0.3 is 15.4 Å². The second-order valence-corrected chi connectivity index (χ2v) is 9.98. The molecule has 0 bridgehead atoms. The number of rotatable bonds is 9. The highest BCUT2D eigenvalue weighted by Crippen LogP contribution is 2.29. The van der Waals surface area contributed by atoms with Crippen molar-refractivity contribution < 1.29 is 22.7 Å². The largest absolute Gasteiger partial charge is 0.495 e. The number of nitrogens with one attached hydrogen (secondary N) is 3. The number of carbonyl (C=O) groups excluding carboxylic acids is 2. The van der Waals surface area contributed by atoms with Crippen LogP contribution >= 0.6 is 0 Å².